The van der Waals surface area contributed by atoms with Gasteiger partial charge in [-0.25, -0.2) is 0 Å². The molecule has 0 saturated carbocycles. The molecular weight excluding hydrogens is 398 g/mol. The Kier molecular flexibility index (Phi) is 6.23. The van der Waals surface area contributed by atoms with Crippen LogP contribution in [0.3, 0.4) is 0 Å². The average Bonchev–Trinajstić information content (AvgIpc) is 3.49. The van der Waals surface area contributed by atoms with E-state index in [0.717, 1.165) is 30.1 Å². The van der Waals surface area contributed by atoms with Crippen molar-refractivity contribution < 1.29 is 9.21 Å². The van der Waals surface area contributed by atoms with Gasteiger partial charge in [0, 0.05) is 31.0 Å². The number of hydrogen-bond donors (Lipinski definition) is 1. The molecule has 1 aliphatic rings. The van der Waals surface area contributed by atoms with Crippen LogP contribution in [0.15, 0.2) is 58.8 Å². The van der Waals surface area contributed by atoms with Gasteiger partial charge >= 0.3 is 0 Å². The number of aromatic nitrogens is 3. The molecule has 7 nitrogen and oxygen atoms in total. The Morgan fingerprint density at radius 1 is 1.23 bits per heavy atom. The number of thioether (sulfide) groups is 1. The number of hydrogen-bond acceptors (Lipinski definition) is 6. The van der Waals surface area contributed by atoms with Crippen LogP contribution in [-0.2, 0) is 11.3 Å². The zero-order valence-electron chi connectivity index (χ0n) is 17.0. The van der Waals surface area contributed by atoms with Crippen LogP contribution in [0.4, 0.5) is 11.4 Å². The van der Waals surface area contributed by atoms with Gasteiger partial charge in [0.05, 0.1) is 17.6 Å². The van der Waals surface area contributed by atoms with Crippen LogP contribution < -0.4 is 10.2 Å². The van der Waals surface area contributed by atoms with E-state index in [2.05, 4.69) is 39.1 Å². The molecule has 0 bridgehead atoms. The number of allylic oxidation sites excluding steroid dienone is 1. The van der Waals surface area contributed by atoms with E-state index in [1.54, 1.807) is 12.3 Å². The molecule has 8 heteroatoms. The third-order valence-corrected chi connectivity index (χ3v) is 6.05. The summed E-state index contributed by atoms with van der Waals surface area (Å²) in [5, 5.41) is 12.2. The van der Waals surface area contributed by atoms with Crippen LogP contribution in [-0.4, -0.2) is 39.5 Å². The van der Waals surface area contributed by atoms with Gasteiger partial charge in [-0.05, 0) is 50.1 Å². The summed E-state index contributed by atoms with van der Waals surface area (Å²) >= 11 is 1.35. The van der Waals surface area contributed by atoms with Crippen molar-refractivity contribution in [2.75, 3.05) is 29.1 Å². The second kappa shape index (κ2) is 9.21. The lowest BCUT2D eigenvalue weighted by Crippen LogP contribution is -2.18. The summed E-state index contributed by atoms with van der Waals surface area (Å²) in [7, 11) is 0. The summed E-state index contributed by atoms with van der Waals surface area (Å²) in [6, 6.07) is 9.90. The zero-order valence-corrected chi connectivity index (χ0v) is 17.8. The number of amides is 1. The van der Waals surface area contributed by atoms with Gasteiger partial charge in [0.2, 0.25) is 5.91 Å². The van der Waals surface area contributed by atoms with Gasteiger partial charge < -0.3 is 14.6 Å². The fraction of sp³-hybridized carbons (Fsp3) is 0.318. The number of carbonyl (C=O) groups is 1. The first-order valence-electron chi connectivity index (χ1n) is 10.0. The Bertz CT molecular complexity index is 1020. The van der Waals surface area contributed by atoms with Crippen molar-refractivity contribution in [2.24, 2.45) is 0 Å². The van der Waals surface area contributed by atoms with Crippen LogP contribution in [0.25, 0.3) is 11.4 Å². The van der Waals surface area contributed by atoms with E-state index in [1.165, 1.54) is 30.3 Å². The molecule has 1 fully saturated rings. The van der Waals surface area contributed by atoms with Gasteiger partial charge in [0.25, 0.3) is 0 Å². The highest BCUT2D eigenvalue weighted by molar-refractivity contribution is 7.99. The summed E-state index contributed by atoms with van der Waals surface area (Å²) in [5.41, 5.74) is 2.89. The molecule has 30 heavy (non-hydrogen) atoms. The Morgan fingerprint density at radius 2 is 2.00 bits per heavy atom. The summed E-state index contributed by atoms with van der Waals surface area (Å²) in [6.45, 7) is 8.46. The number of carbonyl (C=O) groups excluding carboxylic acids is 1. The molecule has 0 atom stereocenters. The topological polar surface area (TPSA) is 76.2 Å². The van der Waals surface area contributed by atoms with E-state index in [1.807, 2.05) is 29.7 Å². The second-order valence-corrected chi connectivity index (χ2v) is 8.12. The van der Waals surface area contributed by atoms with E-state index in [9.17, 15) is 4.79 Å². The minimum absolute atomic E-state index is 0.0804. The molecule has 0 spiro atoms. The van der Waals surface area contributed by atoms with Crippen LogP contribution in [0.2, 0.25) is 0 Å². The molecule has 1 amide bonds. The van der Waals surface area contributed by atoms with Gasteiger partial charge in [0.1, 0.15) is 5.76 Å². The number of furan rings is 1. The molecule has 156 valence electrons. The minimum atomic E-state index is -0.0804. The minimum Gasteiger partial charge on any atom is -0.469 e. The van der Waals surface area contributed by atoms with Crippen molar-refractivity contribution in [3.63, 3.8) is 0 Å². The molecule has 2 aromatic heterocycles. The van der Waals surface area contributed by atoms with E-state index in [-0.39, 0.29) is 11.7 Å². The largest absolute Gasteiger partial charge is 0.469 e. The Labute approximate surface area is 180 Å². The summed E-state index contributed by atoms with van der Waals surface area (Å²) in [6.07, 6.45) is 5.91. The maximum atomic E-state index is 12.5. The number of nitrogens with zero attached hydrogens (tertiary/aromatic N) is 4. The highest BCUT2D eigenvalue weighted by Crippen LogP contribution is 2.27. The van der Waals surface area contributed by atoms with Crippen molar-refractivity contribution in [1.82, 2.24) is 14.8 Å². The van der Waals surface area contributed by atoms with Crippen LogP contribution in [0.1, 0.15) is 18.6 Å². The van der Waals surface area contributed by atoms with Crippen molar-refractivity contribution in [3.8, 4) is 11.4 Å². The summed E-state index contributed by atoms with van der Waals surface area (Å²) in [5.74, 6) is 1.65. The van der Waals surface area contributed by atoms with Crippen molar-refractivity contribution in [3.05, 3.63) is 55.0 Å². The van der Waals surface area contributed by atoms with Crippen molar-refractivity contribution in [1.29, 1.82) is 0 Å². The third kappa shape index (κ3) is 4.43. The van der Waals surface area contributed by atoms with E-state index >= 15 is 0 Å². The predicted molar refractivity (Wildman–Crippen MR) is 120 cm³/mol. The van der Waals surface area contributed by atoms with Crippen molar-refractivity contribution in [2.45, 2.75) is 31.5 Å². The standard InChI is InChI=1S/C22H25N5O2S/c1-3-11-27-21(19-10-14-29-16(19)2)24-25-22(27)30-15-20(28)23-17-6-8-18(9-7-17)26-12-4-5-13-26/h3,6-10,14H,1,4-5,11-13,15H2,2H3,(H,23,28). The summed E-state index contributed by atoms with van der Waals surface area (Å²) < 4.78 is 7.32. The third-order valence-electron chi connectivity index (χ3n) is 5.08. The highest BCUT2D eigenvalue weighted by atomic mass is 32.2. The molecule has 1 aromatic carbocycles. The van der Waals surface area contributed by atoms with Crippen LogP contribution in [0, 0.1) is 6.92 Å². The normalized spacial score (nSPS) is 13.6. The van der Waals surface area contributed by atoms with Crippen molar-refractivity contribution >= 4 is 29.0 Å². The van der Waals surface area contributed by atoms with E-state index < -0.39 is 0 Å². The maximum Gasteiger partial charge on any atom is 0.234 e. The number of nitrogens with one attached hydrogen (secondary N) is 1. The smallest absolute Gasteiger partial charge is 0.234 e. The predicted octanol–water partition coefficient (Wildman–Crippen LogP) is 4.36. The first kappa shape index (κ1) is 20.3. The molecule has 4 rings (SSSR count). The van der Waals surface area contributed by atoms with Gasteiger partial charge in [-0.2, -0.15) is 0 Å². The molecule has 3 aromatic rings. The average molecular weight is 424 g/mol. The van der Waals surface area contributed by atoms with E-state index in [4.69, 9.17) is 4.42 Å². The number of rotatable bonds is 8. The Balaban J connectivity index is 1.38. The SMILES string of the molecule is C=CCn1c(SCC(=O)Nc2ccc(N3CCCC3)cc2)nnc1-c1ccoc1C. The maximum absolute atomic E-state index is 12.5. The molecule has 1 saturated heterocycles. The lowest BCUT2D eigenvalue weighted by Gasteiger charge is -2.17. The molecule has 1 N–H and O–H groups in total. The summed E-state index contributed by atoms with van der Waals surface area (Å²) in [4.78, 5) is 14.8. The molecule has 0 aliphatic carbocycles. The van der Waals surface area contributed by atoms with Gasteiger partial charge in [-0.1, -0.05) is 17.8 Å². The van der Waals surface area contributed by atoms with Gasteiger partial charge in [0.15, 0.2) is 11.0 Å². The first-order chi connectivity index (χ1) is 14.7. The lowest BCUT2D eigenvalue weighted by atomic mass is 10.2. The Morgan fingerprint density at radius 3 is 2.67 bits per heavy atom. The van der Waals surface area contributed by atoms with Crippen LogP contribution in [0.5, 0.6) is 0 Å². The molecule has 1 aliphatic heterocycles. The number of anilines is 2. The lowest BCUT2D eigenvalue weighted by molar-refractivity contribution is -0.113. The Hall–Kier alpha value is -3.00. The fourth-order valence-corrected chi connectivity index (χ4v) is 4.31. The first-order valence-corrected chi connectivity index (χ1v) is 11.0. The van der Waals surface area contributed by atoms with E-state index in [0.29, 0.717) is 17.5 Å². The van der Waals surface area contributed by atoms with Gasteiger partial charge in [-0.3, -0.25) is 9.36 Å². The monoisotopic (exact) mass is 423 g/mol. The van der Waals surface area contributed by atoms with Crippen LogP contribution >= 0.6 is 11.8 Å². The number of benzene rings is 1. The molecular formula is C22H25N5O2S. The molecule has 3 heterocycles. The zero-order chi connectivity index (χ0) is 20.9. The number of aryl methyl sites for hydroxylation is 1. The highest BCUT2D eigenvalue weighted by Gasteiger charge is 2.18. The second-order valence-electron chi connectivity index (χ2n) is 7.17. The molecule has 0 radical (unpaired) electrons. The quantitative estimate of drug-likeness (QED) is 0.428. The molecule has 0 unspecified atom stereocenters. The van der Waals surface area contributed by atoms with Gasteiger partial charge in [-0.15, -0.1) is 16.8 Å². The fourth-order valence-electron chi connectivity index (χ4n) is 3.56.